The van der Waals surface area contributed by atoms with E-state index in [1.807, 2.05) is 67.7 Å². The van der Waals surface area contributed by atoms with E-state index in [-0.39, 0.29) is 17.9 Å². The zero-order valence-corrected chi connectivity index (χ0v) is 18.1. The largest absolute Gasteiger partial charge is 0.355 e. The van der Waals surface area contributed by atoms with Crippen molar-refractivity contribution in [2.75, 3.05) is 20.6 Å². The van der Waals surface area contributed by atoms with E-state index in [4.69, 9.17) is 0 Å². The van der Waals surface area contributed by atoms with Crippen molar-refractivity contribution < 1.29 is 14.5 Å². The molecule has 3 aromatic rings. The molecular formula is C26H30N3O2+. The molecule has 0 aliphatic rings. The monoisotopic (exact) mass is 416 g/mol. The van der Waals surface area contributed by atoms with Crippen LogP contribution in [0.15, 0.2) is 84.9 Å². The third-order valence-electron chi connectivity index (χ3n) is 5.23. The van der Waals surface area contributed by atoms with Gasteiger partial charge in [-0.2, -0.15) is 0 Å². The second kappa shape index (κ2) is 11.1. The first-order chi connectivity index (χ1) is 15.0. The van der Waals surface area contributed by atoms with Gasteiger partial charge in [-0.1, -0.05) is 72.8 Å². The lowest BCUT2D eigenvalue weighted by atomic mass is 9.99. The number of quaternary nitrogens is 1. The predicted molar refractivity (Wildman–Crippen MR) is 123 cm³/mol. The Morgan fingerprint density at radius 3 is 2.06 bits per heavy atom. The number of likely N-dealkylation sites (N-methyl/N-ethyl adjacent to an activating group) is 1. The summed E-state index contributed by atoms with van der Waals surface area (Å²) in [5.41, 5.74) is 4.01. The second-order valence-corrected chi connectivity index (χ2v) is 7.81. The van der Waals surface area contributed by atoms with Gasteiger partial charge in [0.25, 0.3) is 11.8 Å². The van der Waals surface area contributed by atoms with Gasteiger partial charge in [-0.25, -0.2) is 0 Å². The summed E-state index contributed by atoms with van der Waals surface area (Å²) in [5.74, 6) is -0.0822. The SMILES string of the molecule is CNC(=O)c1ccc(C[NH+](C)CC(=O)N[C@H](Cc2ccccc2)c2ccccc2)cc1. The summed E-state index contributed by atoms with van der Waals surface area (Å²) in [4.78, 5) is 25.6. The number of benzene rings is 3. The third kappa shape index (κ3) is 6.79. The molecule has 31 heavy (non-hydrogen) atoms. The molecular weight excluding hydrogens is 386 g/mol. The van der Waals surface area contributed by atoms with Crippen LogP contribution >= 0.6 is 0 Å². The Labute approximate surface area is 184 Å². The van der Waals surface area contributed by atoms with Crippen LogP contribution in [0.25, 0.3) is 0 Å². The number of rotatable bonds is 9. The second-order valence-electron chi connectivity index (χ2n) is 7.81. The van der Waals surface area contributed by atoms with E-state index in [2.05, 4.69) is 34.9 Å². The Hall–Kier alpha value is -3.44. The fourth-order valence-corrected chi connectivity index (χ4v) is 3.64. The highest BCUT2D eigenvalue weighted by Crippen LogP contribution is 2.18. The van der Waals surface area contributed by atoms with Crippen LogP contribution in [0.4, 0.5) is 0 Å². The van der Waals surface area contributed by atoms with E-state index in [0.717, 1.165) is 22.4 Å². The highest BCUT2D eigenvalue weighted by molar-refractivity contribution is 5.93. The molecule has 0 fully saturated rings. The van der Waals surface area contributed by atoms with Crippen LogP contribution in [0.5, 0.6) is 0 Å². The minimum absolute atomic E-state index is 0.0178. The van der Waals surface area contributed by atoms with Crippen LogP contribution in [-0.4, -0.2) is 32.5 Å². The van der Waals surface area contributed by atoms with Crippen LogP contribution in [0.1, 0.15) is 33.1 Å². The first kappa shape index (κ1) is 22.2. The van der Waals surface area contributed by atoms with Gasteiger partial charge in [-0.05, 0) is 29.7 Å². The standard InChI is InChI=1S/C26H29N3O2/c1-27-26(31)23-15-13-21(14-16-23)18-29(2)19-25(30)28-24(22-11-7-4-8-12-22)17-20-9-5-3-6-10-20/h3-16,24H,17-19H2,1-2H3,(H,27,31)(H,28,30)/p+1/t24-/m1/s1. The molecule has 3 N–H and O–H groups in total. The number of hydrogen-bond donors (Lipinski definition) is 3. The Morgan fingerprint density at radius 2 is 1.45 bits per heavy atom. The highest BCUT2D eigenvalue weighted by atomic mass is 16.2. The molecule has 5 heteroatoms. The molecule has 0 saturated carbocycles. The number of carbonyl (C=O) groups excluding carboxylic acids is 2. The lowest BCUT2D eigenvalue weighted by Gasteiger charge is -2.21. The summed E-state index contributed by atoms with van der Waals surface area (Å²) < 4.78 is 0. The minimum Gasteiger partial charge on any atom is -0.355 e. The minimum atomic E-state index is -0.100. The van der Waals surface area contributed by atoms with Gasteiger partial charge < -0.3 is 15.5 Å². The molecule has 5 nitrogen and oxygen atoms in total. The van der Waals surface area contributed by atoms with Gasteiger partial charge in [0, 0.05) is 18.2 Å². The van der Waals surface area contributed by atoms with Crippen molar-refractivity contribution >= 4 is 11.8 Å². The van der Waals surface area contributed by atoms with Gasteiger partial charge in [0.1, 0.15) is 6.54 Å². The molecule has 0 aromatic heterocycles. The van der Waals surface area contributed by atoms with Gasteiger partial charge in [0.2, 0.25) is 0 Å². The van der Waals surface area contributed by atoms with Gasteiger partial charge in [-0.3, -0.25) is 9.59 Å². The van der Waals surface area contributed by atoms with Crippen LogP contribution in [0.2, 0.25) is 0 Å². The molecule has 0 spiro atoms. The van der Waals surface area contributed by atoms with Gasteiger partial charge >= 0.3 is 0 Å². The molecule has 0 radical (unpaired) electrons. The number of nitrogens with one attached hydrogen (secondary N) is 3. The molecule has 160 valence electrons. The number of carbonyl (C=O) groups is 2. The zero-order valence-electron chi connectivity index (χ0n) is 18.1. The molecule has 0 saturated heterocycles. The van der Waals surface area contributed by atoms with E-state index in [0.29, 0.717) is 18.7 Å². The first-order valence-corrected chi connectivity index (χ1v) is 10.6. The molecule has 0 aliphatic carbocycles. The quantitative estimate of drug-likeness (QED) is 0.501. The van der Waals surface area contributed by atoms with Crippen molar-refractivity contribution in [1.82, 2.24) is 10.6 Å². The van der Waals surface area contributed by atoms with Gasteiger partial charge in [-0.15, -0.1) is 0 Å². The van der Waals surface area contributed by atoms with Crippen LogP contribution in [-0.2, 0) is 17.8 Å². The molecule has 2 atom stereocenters. The molecule has 2 amide bonds. The smallest absolute Gasteiger partial charge is 0.275 e. The zero-order chi connectivity index (χ0) is 22.1. The maximum atomic E-state index is 12.8. The molecule has 3 aromatic carbocycles. The van der Waals surface area contributed by atoms with Crippen molar-refractivity contribution in [2.45, 2.75) is 19.0 Å². The number of amides is 2. The normalized spacial score (nSPS) is 12.6. The lowest BCUT2D eigenvalue weighted by Crippen LogP contribution is -3.08. The summed E-state index contributed by atoms with van der Waals surface area (Å²) in [7, 11) is 3.62. The van der Waals surface area contributed by atoms with Crippen LogP contribution < -0.4 is 15.5 Å². The summed E-state index contributed by atoms with van der Waals surface area (Å²) in [5, 5.41) is 5.84. The van der Waals surface area contributed by atoms with E-state index in [1.54, 1.807) is 7.05 Å². The van der Waals surface area contributed by atoms with Gasteiger partial charge in [0.05, 0.1) is 13.1 Å². The van der Waals surface area contributed by atoms with Crippen molar-refractivity contribution in [3.63, 3.8) is 0 Å². The lowest BCUT2D eigenvalue weighted by molar-refractivity contribution is -0.885. The van der Waals surface area contributed by atoms with Crippen molar-refractivity contribution in [1.29, 1.82) is 0 Å². The van der Waals surface area contributed by atoms with E-state index in [1.165, 1.54) is 5.56 Å². The average molecular weight is 417 g/mol. The maximum absolute atomic E-state index is 12.8. The molecule has 0 heterocycles. The Balaban J connectivity index is 1.60. The fourth-order valence-electron chi connectivity index (χ4n) is 3.64. The van der Waals surface area contributed by atoms with E-state index >= 15 is 0 Å². The van der Waals surface area contributed by atoms with Crippen molar-refractivity contribution in [3.05, 3.63) is 107 Å². The fraction of sp³-hybridized carbons (Fsp3) is 0.231. The van der Waals surface area contributed by atoms with Crippen molar-refractivity contribution in [2.24, 2.45) is 0 Å². The topological polar surface area (TPSA) is 62.6 Å². The summed E-state index contributed by atoms with van der Waals surface area (Å²) >= 11 is 0. The van der Waals surface area contributed by atoms with Crippen molar-refractivity contribution in [3.8, 4) is 0 Å². The summed E-state index contributed by atoms with van der Waals surface area (Å²) in [6, 6.07) is 27.7. The molecule has 0 aliphatic heterocycles. The average Bonchev–Trinajstić information content (AvgIpc) is 2.79. The Bertz CT molecular complexity index is 973. The Morgan fingerprint density at radius 1 is 0.839 bits per heavy atom. The van der Waals surface area contributed by atoms with Crippen LogP contribution in [0, 0.1) is 0 Å². The van der Waals surface area contributed by atoms with E-state index < -0.39 is 0 Å². The number of hydrogen-bond acceptors (Lipinski definition) is 2. The van der Waals surface area contributed by atoms with Crippen LogP contribution in [0.3, 0.4) is 0 Å². The third-order valence-corrected chi connectivity index (χ3v) is 5.23. The molecule has 0 bridgehead atoms. The van der Waals surface area contributed by atoms with Gasteiger partial charge in [0.15, 0.2) is 6.54 Å². The Kier molecular flexibility index (Phi) is 7.96. The highest BCUT2D eigenvalue weighted by Gasteiger charge is 2.18. The van der Waals surface area contributed by atoms with E-state index in [9.17, 15) is 9.59 Å². The molecule has 3 rings (SSSR count). The summed E-state index contributed by atoms with van der Waals surface area (Å²) in [6.45, 7) is 1.07. The molecule has 1 unspecified atom stereocenters. The first-order valence-electron chi connectivity index (χ1n) is 10.6. The maximum Gasteiger partial charge on any atom is 0.275 e. The summed E-state index contributed by atoms with van der Waals surface area (Å²) in [6.07, 6.45) is 0.747. The predicted octanol–water partition coefficient (Wildman–Crippen LogP) is 2.16.